The van der Waals surface area contributed by atoms with Crippen LogP contribution >= 0.6 is 0 Å². The van der Waals surface area contributed by atoms with Gasteiger partial charge in [0, 0.05) is 12.0 Å². The van der Waals surface area contributed by atoms with Crippen LogP contribution in [0.15, 0.2) is 12.1 Å². The van der Waals surface area contributed by atoms with Gasteiger partial charge < -0.3 is 14.2 Å². The van der Waals surface area contributed by atoms with Gasteiger partial charge in [-0.05, 0) is 18.6 Å². The number of rotatable bonds is 6. The number of hydrogen-bond acceptors (Lipinski definition) is 5. The second-order valence-corrected chi connectivity index (χ2v) is 4.04. The topological polar surface area (TPSA) is 73.9 Å². The second kappa shape index (κ2) is 7.37. The van der Waals surface area contributed by atoms with E-state index in [0.29, 0.717) is 30.1 Å². The van der Waals surface area contributed by atoms with Crippen LogP contribution in [0.4, 0.5) is 0 Å². The Morgan fingerprint density at radius 1 is 1.05 bits per heavy atom. The minimum Gasteiger partial charge on any atom is -0.493 e. The molecule has 0 fully saturated rings. The SMILES string of the molecule is CCCC(=O)NC(=O)c1cc(OC)c(OC)c(OC)c1. The molecule has 1 N–H and O–H groups in total. The van der Waals surface area contributed by atoms with Gasteiger partial charge in [-0.3, -0.25) is 14.9 Å². The van der Waals surface area contributed by atoms with Crippen LogP contribution in [0.1, 0.15) is 30.1 Å². The molecule has 0 aromatic heterocycles. The Morgan fingerprint density at radius 2 is 1.60 bits per heavy atom. The van der Waals surface area contributed by atoms with Crippen LogP contribution in [0.25, 0.3) is 0 Å². The molecule has 0 heterocycles. The van der Waals surface area contributed by atoms with Crippen LogP contribution in [0.3, 0.4) is 0 Å². The molecule has 0 atom stereocenters. The Labute approximate surface area is 118 Å². The Bertz CT molecular complexity index is 473. The first kappa shape index (κ1) is 15.8. The highest BCUT2D eigenvalue weighted by atomic mass is 16.5. The third-order valence-electron chi connectivity index (χ3n) is 2.66. The summed E-state index contributed by atoms with van der Waals surface area (Å²) in [6.45, 7) is 1.86. The van der Waals surface area contributed by atoms with Crippen molar-refractivity contribution in [2.75, 3.05) is 21.3 Å². The van der Waals surface area contributed by atoms with E-state index in [1.54, 1.807) is 0 Å². The summed E-state index contributed by atoms with van der Waals surface area (Å²) >= 11 is 0. The van der Waals surface area contributed by atoms with E-state index in [0.717, 1.165) is 0 Å². The summed E-state index contributed by atoms with van der Waals surface area (Å²) in [5.41, 5.74) is 0.268. The van der Waals surface area contributed by atoms with E-state index in [1.807, 2.05) is 6.92 Å². The van der Waals surface area contributed by atoms with Gasteiger partial charge in [-0.25, -0.2) is 0 Å². The van der Waals surface area contributed by atoms with Crippen molar-refractivity contribution in [3.05, 3.63) is 17.7 Å². The van der Waals surface area contributed by atoms with Crippen molar-refractivity contribution in [1.29, 1.82) is 0 Å². The summed E-state index contributed by atoms with van der Waals surface area (Å²) in [5, 5.41) is 2.31. The molecule has 2 amide bonds. The predicted octanol–water partition coefficient (Wildman–Crippen LogP) is 1.77. The third-order valence-corrected chi connectivity index (χ3v) is 2.66. The van der Waals surface area contributed by atoms with E-state index in [-0.39, 0.29) is 11.5 Å². The monoisotopic (exact) mass is 281 g/mol. The summed E-state index contributed by atoms with van der Waals surface area (Å²) < 4.78 is 15.5. The summed E-state index contributed by atoms with van der Waals surface area (Å²) in [4.78, 5) is 23.4. The molecule has 1 aromatic carbocycles. The highest BCUT2D eigenvalue weighted by Crippen LogP contribution is 2.38. The first-order valence-electron chi connectivity index (χ1n) is 6.21. The summed E-state index contributed by atoms with van der Waals surface area (Å²) in [6.07, 6.45) is 0.977. The molecule has 0 saturated carbocycles. The lowest BCUT2D eigenvalue weighted by molar-refractivity contribution is -0.120. The third kappa shape index (κ3) is 3.63. The van der Waals surface area contributed by atoms with Gasteiger partial charge >= 0.3 is 0 Å². The number of ether oxygens (including phenoxy) is 3. The first-order valence-corrected chi connectivity index (χ1v) is 6.21. The Morgan fingerprint density at radius 3 is 2.00 bits per heavy atom. The van der Waals surface area contributed by atoms with Crippen LogP contribution in [-0.2, 0) is 4.79 Å². The molecule has 110 valence electrons. The van der Waals surface area contributed by atoms with Gasteiger partial charge in [0.25, 0.3) is 5.91 Å². The zero-order valence-electron chi connectivity index (χ0n) is 12.1. The average Bonchev–Trinajstić information content (AvgIpc) is 2.45. The number of methoxy groups -OCH3 is 3. The predicted molar refractivity (Wildman–Crippen MR) is 73.5 cm³/mol. The molecule has 1 aromatic rings. The largest absolute Gasteiger partial charge is 0.493 e. The van der Waals surface area contributed by atoms with E-state index in [2.05, 4.69) is 5.32 Å². The van der Waals surface area contributed by atoms with E-state index < -0.39 is 5.91 Å². The Kier molecular flexibility index (Phi) is 5.83. The van der Waals surface area contributed by atoms with Crippen LogP contribution in [0.5, 0.6) is 17.2 Å². The zero-order valence-corrected chi connectivity index (χ0v) is 12.1. The highest BCUT2D eigenvalue weighted by Gasteiger charge is 2.18. The Balaban J connectivity index is 3.06. The smallest absolute Gasteiger partial charge is 0.258 e. The van der Waals surface area contributed by atoms with E-state index >= 15 is 0 Å². The van der Waals surface area contributed by atoms with Gasteiger partial charge in [0.15, 0.2) is 11.5 Å². The molecule has 6 nitrogen and oxygen atoms in total. The lowest BCUT2D eigenvalue weighted by atomic mass is 10.1. The zero-order chi connectivity index (χ0) is 15.1. The lowest BCUT2D eigenvalue weighted by Gasteiger charge is -2.13. The molecule has 0 aliphatic rings. The van der Waals surface area contributed by atoms with Crippen molar-refractivity contribution < 1.29 is 23.8 Å². The molecule has 20 heavy (non-hydrogen) atoms. The minimum atomic E-state index is -0.497. The standard InChI is InChI=1S/C14H19NO5/c1-5-6-12(16)15-14(17)9-7-10(18-2)13(20-4)11(8-9)19-3/h7-8H,5-6H2,1-4H3,(H,15,16,17). The van der Waals surface area contributed by atoms with Gasteiger partial charge in [-0.15, -0.1) is 0 Å². The normalized spacial score (nSPS) is 9.80. The second-order valence-electron chi connectivity index (χ2n) is 4.04. The van der Waals surface area contributed by atoms with Crippen LogP contribution < -0.4 is 19.5 Å². The van der Waals surface area contributed by atoms with Crippen molar-refractivity contribution in [2.24, 2.45) is 0 Å². The van der Waals surface area contributed by atoms with Crippen molar-refractivity contribution in [3.63, 3.8) is 0 Å². The van der Waals surface area contributed by atoms with Crippen LogP contribution in [0, 0.1) is 0 Å². The van der Waals surface area contributed by atoms with Gasteiger partial charge in [0.1, 0.15) is 0 Å². The molecular formula is C14H19NO5. The number of carbonyl (C=O) groups is 2. The van der Waals surface area contributed by atoms with E-state index in [9.17, 15) is 9.59 Å². The van der Waals surface area contributed by atoms with E-state index in [1.165, 1.54) is 33.5 Å². The average molecular weight is 281 g/mol. The molecule has 0 aliphatic carbocycles. The van der Waals surface area contributed by atoms with Crippen LogP contribution in [-0.4, -0.2) is 33.1 Å². The van der Waals surface area contributed by atoms with Gasteiger partial charge in [0.2, 0.25) is 11.7 Å². The maximum absolute atomic E-state index is 12.0. The van der Waals surface area contributed by atoms with Gasteiger partial charge in [-0.2, -0.15) is 0 Å². The molecule has 1 rings (SSSR count). The lowest BCUT2D eigenvalue weighted by Crippen LogP contribution is -2.30. The van der Waals surface area contributed by atoms with Crippen LogP contribution in [0.2, 0.25) is 0 Å². The molecule has 0 saturated heterocycles. The first-order chi connectivity index (χ1) is 9.57. The molecule has 0 unspecified atom stereocenters. The fourth-order valence-corrected chi connectivity index (χ4v) is 1.70. The van der Waals surface area contributed by atoms with Crippen molar-refractivity contribution in [3.8, 4) is 17.2 Å². The molecule has 0 radical (unpaired) electrons. The minimum absolute atomic E-state index is 0.268. The Hall–Kier alpha value is -2.24. The summed E-state index contributed by atoms with van der Waals surface area (Å²) in [6, 6.07) is 2.99. The molecule has 0 bridgehead atoms. The van der Waals surface area contributed by atoms with Gasteiger partial charge in [-0.1, -0.05) is 6.92 Å². The maximum atomic E-state index is 12.0. The van der Waals surface area contributed by atoms with Crippen molar-refractivity contribution in [2.45, 2.75) is 19.8 Å². The van der Waals surface area contributed by atoms with E-state index in [4.69, 9.17) is 14.2 Å². The number of amides is 2. The number of carbonyl (C=O) groups excluding carboxylic acids is 2. The number of hydrogen-bond donors (Lipinski definition) is 1. The molecular weight excluding hydrogens is 262 g/mol. The van der Waals surface area contributed by atoms with Crippen molar-refractivity contribution >= 4 is 11.8 Å². The highest BCUT2D eigenvalue weighted by molar-refractivity contribution is 6.05. The maximum Gasteiger partial charge on any atom is 0.258 e. The number of nitrogens with one attached hydrogen (secondary N) is 1. The molecule has 6 heteroatoms. The molecule has 0 aliphatic heterocycles. The number of benzene rings is 1. The number of imide groups is 1. The van der Waals surface area contributed by atoms with Crippen molar-refractivity contribution in [1.82, 2.24) is 5.32 Å². The summed E-state index contributed by atoms with van der Waals surface area (Å²) in [5.74, 6) is 0.306. The molecule has 0 spiro atoms. The summed E-state index contributed by atoms with van der Waals surface area (Å²) in [7, 11) is 4.40. The quantitative estimate of drug-likeness (QED) is 0.860. The van der Waals surface area contributed by atoms with Gasteiger partial charge in [0.05, 0.1) is 21.3 Å². The fourth-order valence-electron chi connectivity index (χ4n) is 1.70. The fraction of sp³-hybridized carbons (Fsp3) is 0.429.